The Kier molecular flexibility index (Phi) is 49.6. The van der Waals surface area contributed by atoms with Gasteiger partial charge in [-0.1, -0.05) is 219 Å². The van der Waals surface area contributed by atoms with Crippen LogP contribution in [0.3, 0.4) is 0 Å². The highest BCUT2D eigenvalue weighted by molar-refractivity contribution is 5.71. The maximum atomic E-state index is 12.8. The maximum absolute atomic E-state index is 12.8. The fraction of sp³-hybridized carbons (Fsp3) is 0.583. The first kappa shape index (κ1) is 61.5. The minimum absolute atomic E-state index is 0.133. The number of rotatable bonds is 45. The average Bonchev–Trinajstić information content (AvgIpc) is 3.31. The fourth-order valence-corrected chi connectivity index (χ4v) is 6.56. The van der Waals surface area contributed by atoms with E-state index in [0.717, 1.165) is 77.0 Å². The predicted octanol–water partition coefficient (Wildman–Crippen LogP) is 17.5. The highest BCUT2D eigenvalue weighted by atomic mass is 16.6. The summed E-state index contributed by atoms with van der Waals surface area (Å²) >= 11 is 0. The number of unbranched alkanes of at least 4 members (excludes halogenated alkanes) is 17. The van der Waals surface area contributed by atoms with E-state index in [-0.39, 0.29) is 50.4 Å². The van der Waals surface area contributed by atoms with E-state index in [9.17, 15) is 14.4 Å². The molecule has 0 N–H and O–H groups in total. The van der Waals surface area contributed by atoms with E-state index in [1.807, 2.05) is 48.6 Å². The lowest BCUT2D eigenvalue weighted by molar-refractivity contribution is -0.167. The van der Waals surface area contributed by atoms with Gasteiger partial charge in [-0.2, -0.15) is 0 Å². The van der Waals surface area contributed by atoms with Crippen molar-refractivity contribution in [2.24, 2.45) is 0 Å². The number of esters is 3. The van der Waals surface area contributed by atoms with Crippen LogP contribution in [0.5, 0.6) is 0 Å². The second-order valence-corrected chi connectivity index (χ2v) is 16.8. The lowest BCUT2D eigenvalue weighted by Crippen LogP contribution is -2.30. The summed E-state index contributed by atoms with van der Waals surface area (Å²) in [6.07, 6.45) is 74.4. The zero-order valence-electron chi connectivity index (χ0n) is 42.1. The zero-order chi connectivity index (χ0) is 47.9. The van der Waals surface area contributed by atoms with Crippen molar-refractivity contribution in [2.75, 3.05) is 13.2 Å². The Hall–Kier alpha value is -4.45. The van der Waals surface area contributed by atoms with Crippen LogP contribution in [0, 0.1) is 0 Å². The van der Waals surface area contributed by atoms with Gasteiger partial charge in [-0.15, -0.1) is 0 Å². The van der Waals surface area contributed by atoms with Gasteiger partial charge >= 0.3 is 17.9 Å². The van der Waals surface area contributed by atoms with Gasteiger partial charge in [-0.25, -0.2) is 0 Å². The predicted molar refractivity (Wildman–Crippen MR) is 283 cm³/mol. The van der Waals surface area contributed by atoms with E-state index < -0.39 is 6.10 Å². The van der Waals surface area contributed by atoms with Gasteiger partial charge in [0.15, 0.2) is 6.10 Å². The lowest BCUT2D eigenvalue weighted by Gasteiger charge is -2.18. The molecule has 6 nitrogen and oxygen atoms in total. The van der Waals surface area contributed by atoms with Gasteiger partial charge in [0.05, 0.1) is 0 Å². The number of hydrogen-bond acceptors (Lipinski definition) is 6. The van der Waals surface area contributed by atoms with Gasteiger partial charge in [0, 0.05) is 19.3 Å². The van der Waals surface area contributed by atoms with Crippen LogP contribution < -0.4 is 0 Å². The molecular formula is C60H94O6. The van der Waals surface area contributed by atoms with Gasteiger partial charge in [0.1, 0.15) is 13.2 Å². The van der Waals surface area contributed by atoms with Gasteiger partial charge in [-0.3, -0.25) is 14.4 Å². The Balaban J connectivity index is 4.62. The number of carbonyl (C=O) groups excluding carboxylic acids is 3. The van der Waals surface area contributed by atoms with Crippen molar-refractivity contribution in [1.29, 1.82) is 0 Å². The summed E-state index contributed by atoms with van der Waals surface area (Å²) in [6, 6.07) is 0. The SMILES string of the molecule is CC\C=C/C=C\C=C/C=C\C=C/CCCCCC(=O)OCC(COC(=O)CCC/C=C\C/C=C\C/C=C\C/C=C\CCCCC)OC(=O)CCCCC/C=C\C=C/CCCCCCCCC. The average molecular weight is 911 g/mol. The molecule has 1 unspecified atom stereocenters. The van der Waals surface area contributed by atoms with Crippen molar-refractivity contribution in [2.45, 2.75) is 213 Å². The van der Waals surface area contributed by atoms with Crippen LogP contribution in [0.15, 0.2) is 134 Å². The number of allylic oxidation sites excluding steroid dienone is 22. The first-order valence-corrected chi connectivity index (χ1v) is 26.3. The van der Waals surface area contributed by atoms with Crippen molar-refractivity contribution in [3.63, 3.8) is 0 Å². The van der Waals surface area contributed by atoms with Crippen molar-refractivity contribution >= 4 is 17.9 Å². The van der Waals surface area contributed by atoms with Crippen molar-refractivity contribution < 1.29 is 28.6 Å². The molecule has 0 heterocycles. The summed E-state index contributed by atoms with van der Waals surface area (Å²) in [6.45, 7) is 6.33. The molecule has 0 saturated heterocycles. The highest BCUT2D eigenvalue weighted by Crippen LogP contribution is 2.11. The quantitative estimate of drug-likeness (QED) is 0.0199. The minimum atomic E-state index is -0.836. The standard InChI is InChI=1S/C60H94O6/c1-4-7-10-13-16-19-22-25-28-30-33-35-38-41-44-47-50-53-59(62)65-56-57(55-64-58(61)52-49-46-43-40-37-34-31-27-24-21-18-15-12-9-6-3)66-60(63)54-51-48-45-42-39-36-32-29-26-23-20-17-14-11-8-5-2/h9,12,15-16,18-19,21,24-25,27-29,31-37,39,41,44,57H,4-8,10-11,13-14,17,20,22-23,26,30,38,40,42-43,45-56H2,1-3H3/b12-9-,18-15-,19-16-,24-21-,28-25-,31-27-,32-29-,35-33-,37-34-,39-36-,44-41-. The molecule has 0 fully saturated rings. The van der Waals surface area contributed by atoms with Gasteiger partial charge in [-0.05, 0) is 103 Å². The Labute approximate surface area is 405 Å². The molecule has 6 heteroatoms. The molecule has 1 atom stereocenters. The van der Waals surface area contributed by atoms with Crippen LogP contribution >= 0.6 is 0 Å². The third-order valence-electron chi connectivity index (χ3n) is 10.5. The molecule has 0 aliphatic rings. The van der Waals surface area contributed by atoms with Crippen LogP contribution in [0.25, 0.3) is 0 Å². The second-order valence-electron chi connectivity index (χ2n) is 16.8. The van der Waals surface area contributed by atoms with Crippen LogP contribution in [0.4, 0.5) is 0 Å². The largest absolute Gasteiger partial charge is 0.462 e. The van der Waals surface area contributed by atoms with E-state index >= 15 is 0 Å². The fourth-order valence-electron chi connectivity index (χ4n) is 6.56. The molecule has 370 valence electrons. The van der Waals surface area contributed by atoms with Crippen LogP contribution in [0.1, 0.15) is 207 Å². The second kappa shape index (κ2) is 53.2. The Morgan fingerprint density at radius 1 is 0.333 bits per heavy atom. The summed E-state index contributed by atoms with van der Waals surface area (Å²) in [7, 11) is 0. The molecule has 0 spiro atoms. The first-order valence-electron chi connectivity index (χ1n) is 26.3. The van der Waals surface area contributed by atoms with Crippen molar-refractivity contribution in [3.05, 3.63) is 134 Å². The molecule has 0 aliphatic heterocycles. The summed E-state index contributed by atoms with van der Waals surface area (Å²) in [5.41, 5.74) is 0. The number of ether oxygens (including phenoxy) is 3. The topological polar surface area (TPSA) is 78.9 Å². The van der Waals surface area contributed by atoms with E-state index in [1.54, 1.807) is 0 Å². The van der Waals surface area contributed by atoms with E-state index in [2.05, 4.69) is 106 Å². The third kappa shape index (κ3) is 50.5. The van der Waals surface area contributed by atoms with Gasteiger partial charge in [0.25, 0.3) is 0 Å². The van der Waals surface area contributed by atoms with Gasteiger partial charge < -0.3 is 14.2 Å². The highest BCUT2D eigenvalue weighted by Gasteiger charge is 2.19. The molecule has 0 rings (SSSR count). The molecule has 0 aromatic heterocycles. The van der Waals surface area contributed by atoms with Gasteiger partial charge in [0.2, 0.25) is 0 Å². The lowest BCUT2D eigenvalue weighted by atomic mass is 10.1. The minimum Gasteiger partial charge on any atom is -0.462 e. The molecule has 0 aromatic rings. The summed E-state index contributed by atoms with van der Waals surface area (Å²) in [4.78, 5) is 38.0. The zero-order valence-corrected chi connectivity index (χ0v) is 42.1. The van der Waals surface area contributed by atoms with E-state index in [0.29, 0.717) is 19.3 Å². The van der Waals surface area contributed by atoms with E-state index in [1.165, 1.54) is 70.6 Å². The normalized spacial score (nSPS) is 13.2. The Bertz CT molecular complexity index is 1460. The summed E-state index contributed by atoms with van der Waals surface area (Å²) in [5, 5.41) is 0. The number of carbonyl (C=O) groups is 3. The van der Waals surface area contributed by atoms with Crippen LogP contribution in [0.2, 0.25) is 0 Å². The smallest absolute Gasteiger partial charge is 0.306 e. The molecule has 0 aromatic carbocycles. The molecule has 0 radical (unpaired) electrons. The molecule has 0 aliphatic carbocycles. The monoisotopic (exact) mass is 911 g/mol. The molecule has 66 heavy (non-hydrogen) atoms. The maximum Gasteiger partial charge on any atom is 0.306 e. The third-order valence-corrected chi connectivity index (χ3v) is 10.5. The Morgan fingerprint density at radius 2 is 0.667 bits per heavy atom. The summed E-state index contributed by atoms with van der Waals surface area (Å²) < 4.78 is 16.7. The van der Waals surface area contributed by atoms with Crippen LogP contribution in [-0.2, 0) is 28.6 Å². The summed E-state index contributed by atoms with van der Waals surface area (Å²) in [5.74, 6) is -1.06. The molecular weight excluding hydrogens is 817 g/mol. The van der Waals surface area contributed by atoms with E-state index in [4.69, 9.17) is 14.2 Å². The number of hydrogen-bond donors (Lipinski definition) is 0. The van der Waals surface area contributed by atoms with Crippen molar-refractivity contribution in [3.8, 4) is 0 Å². The van der Waals surface area contributed by atoms with Crippen molar-refractivity contribution in [1.82, 2.24) is 0 Å². The molecule has 0 amide bonds. The molecule has 0 saturated carbocycles. The van der Waals surface area contributed by atoms with Crippen LogP contribution in [-0.4, -0.2) is 37.2 Å². The molecule has 0 bridgehead atoms. The Morgan fingerprint density at radius 3 is 1.17 bits per heavy atom. The first-order chi connectivity index (χ1) is 32.5.